The van der Waals surface area contributed by atoms with Crippen LogP contribution in [0.1, 0.15) is 10.4 Å². The molecule has 4 aromatic carbocycles. The average Bonchev–Trinajstić information content (AvgIpc) is 3.58. The zero-order valence-corrected chi connectivity index (χ0v) is 23.2. The molecule has 0 N–H and O–H groups in total. The molecule has 6 rings (SSSR count). The van der Waals surface area contributed by atoms with Crippen molar-refractivity contribution < 1.29 is 48.2 Å². The number of rotatable bonds is 5. The fourth-order valence-electron chi connectivity index (χ4n) is 4.04. The van der Waals surface area contributed by atoms with Crippen molar-refractivity contribution in [3.8, 4) is 16.9 Å². The number of amides is 4. The van der Waals surface area contributed by atoms with Gasteiger partial charge in [-0.15, -0.1) is 17.7 Å². The van der Waals surface area contributed by atoms with E-state index >= 15 is 0 Å². The van der Waals surface area contributed by atoms with Gasteiger partial charge in [-0.25, -0.2) is 9.69 Å². The van der Waals surface area contributed by atoms with Gasteiger partial charge in [-0.3, -0.25) is 24.1 Å². The van der Waals surface area contributed by atoms with Crippen molar-refractivity contribution in [2.45, 2.75) is 0 Å². The van der Waals surface area contributed by atoms with Crippen molar-refractivity contribution in [3.05, 3.63) is 139 Å². The molecule has 0 atom stereocenters. The Labute approximate surface area is 254 Å². The summed E-state index contributed by atoms with van der Waals surface area (Å²) in [5, 5.41) is 0. The predicted molar refractivity (Wildman–Crippen MR) is 151 cm³/mol. The number of hydrogen-bond acceptors (Lipinski definition) is 7. The number of anilines is 2. The van der Waals surface area contributed by atoms with Gasteiger partial charge in [0, 0.05) is 24.3 Å². The van der Waals surface area contributed by atoms with Crippen LogP contribution in [0.5, 0.6) is 5.75 Å². The van der Waals surface area contributed by atoms with E-state index in [2.05, 4.69) is 27.8 Å². The Bertz CT molecular complexity index is 1670. The van der Waals surface area contributed by atoms with E-state index in [4.69, 9.17) is 8.60 Å². The van der Waals surface area contributed by atoms with Crippen molar-refractivity contribution >= 4 is 41.0 Å². The van der Waals surface area contributed by atoms with Crippen molar-refractivity contribution in [1.29, 1.82) is 0 Å². The number of imide groups is 2. The molecule has 4 amide bonds. The molecule has 0 saturated carbocycles. The van der Waals surface area contributed by atoms with Crippen LogP contribution in [0, 0.1) is 12.1 Å². The van der Waals surface area contributed by atoms with Crippen molar-refractivity contribution in [1.82, 2.24) is 0 Å². The van der Waals surface area contributed by atoms with Gasteiger partial charge in [0.15, 0.2) is 0 Å². The normalized spacial score (nSPS) is 13.3. The molecule has 2 aliphatic heterocycles. The maximum atomic E-state index is 12.3. The van der Waals surface area contributed by atoms with E-state index in [0.29, 0.717) is 22.7 Å². The number of nitrogens with zero attached hydrogens (tertiary/aromatic N) is 2. The van der Waals surface area contributed by atoms with E-state index < -0.39 is 17.8 Å². The van der Waals surface area contributed by atoms with E-state index in [1.54, 1.807) is 36.4 Å². The monoisotopic (exact) mass is 615 g/mol. The van der Waals surface area contributed by atoms with Crippen LogP contribution in [0.2, 0.25) is 0 Å². The second kappa shape index (κ2) is 14.4. The van der Waals surface area contributed by atoms with Crippen LogP contribution in [0.4, 0.5) is 11.4 Å². The third kappa shape index (κ3) is 7.39. The average molecular weight is 615 g/mol. The standard InChI is InChI=1S/C23H14NO4.C10H6NO2.Co.O/c25-21-14-15-22(26)24(21)19-10-6-18(7-11-19)23(27)28-20-12-8-17(9-13-20)16-4-2-1-3-5-16;12-9-6-7-10(13)11(9)8-4-2-1-3-5-8;;/h2-15H;2-7H;;/q2*-1;;. The molecule has 0 bridgehead atoms. The zero-order valence-electron chi connectivity index (χ0n) is 22.1. The molecule has 215 valence electrons. The Morgan fingerprint density at radius 1 is 0.535 bits per heavy atom. The summed E-state index contributed by atoms with van der Waals surface area (Å²) in [6.07, 6.45) is 4.95. The first-order chi connectivity index (χ1) is 20.9. The minimum absolute atomic E-state index is 0.295. The molecule has 0 radical (unpaired) electrons. The first-order valence-corrected chi connectivity index (χ1v) is 12.9. The number of hydrogen-bond donors (Lipinski definition) is 0. The molecular formula is C33H20CoN2O7-2. The van der Waals surface area contributed by atoms with E-state index in [9.17, 15) is 24.0 Å². The molecule has 0 aromatic heterocycles. The summed E-state index contributed by atoms with van der Waals surface area (Å²) in [6.45, 7) is 0. The first-order valence-electron chi connectivity index (χ1n) is 12.5. The fourth-order valence-corrected chi connectivity index (χ4v) is 4.04. The summed E-state index contributed by atoms with van der Waals surface area (Å²) in [5.74, 6) is -1.50. The second-order valence-corrected chi connectivity index (χ2v) is 8.70. The SMILES string of the molecule is O=C(Oc1ccc(-c2cc[c-]cc2)cc1)c1ccc(N2C(=O)C=CC2=O)cc1.O=C1C=CC(=O)N1c1cc[c-]cc1.[O]=[Co]. The number of esters is 1. The summed E-state index contributed by atoms with van der Waals surface area (Å²) >= 11 is 2.31. The van der Waals surface area contributed by atoms with Crippen LogP contribution < -0.4 is 14.5 Å². The third-order valence-electron chi connectivity index (χ3n) is 6.05. The van der Waals surface area contributed by atoms with E-state index in [0.717, 1.165) is 20.9 Å². The second-order valence-electron chi connectivity index (χ2n) is 8.70. The van der Waals surface area contributed by atoms with Crippen LogP contribution in [0.15, 0.2) is 121 Å². The van der Waals surface area contributed by atoms with Gasteiger partial charge < -0.3 is 4.74 Å². The minimum atomic E-state index is -0.522. The van der Waals surface area contributed by atoms with Crippen LogP contribution in [0.3, 0.4) is 0 Å². The Balaban J connectivity index is 0.000000235. The molecule has 0 fully saturated rings. The Morgan fingerprint density at radius 2 is 0.930 bits per heavy atom. The molecule has 0 saturated heterocycles. The molecule has 0 aliphatic carbocycles. The summed E-state index contributed by atoms with van der Waals surface area (Å²) in [7, 11) is 0. The van der Waals surface area contributed by atoms with Gasteiger partial charge in [-0.1, -0.05) is 17.8 Å². The number of ether oxygens (including phenoxy) is 1. The van der Waals surface area contributed by atoms with E-state index in [-0.39, 0.29) is 11.8 Å². The van der Waals surface area contributed by atoms with Gasteiger partial charge in [0.2, 0.25) is 0 Å². The first kappa shape index (κ1) is 30.4. The molecule has 43 heavy (non-hydrogen) atoms. The molecular weight excluding hydrogens is 595 g/mol. The van der Waals surface area contributed by atoms with Gasteiger partial charge in [0.25, 0.3) is 23.6 Å². The number of benzene rings is 4. The molecule has 9 nitrogen and oxygen atoms in total. The van der Waals surface area contributed by atoms with Crippen LogP contribution in [0.25, 0.3) is 11.1 Å². The molecule has 10 heteroatoms. The van der Waals surface area contributed by atoms with Gasteiger partial charge in [0.05, 0.1) is 11.3 Å². The van der Waals surface area contributed by atoms with Crippen LogP contribution in [-0.2, 0) is 38.7 Å². The zero-order chi connectivity index (χ0) is 30.8. The molecule has 2 heterocycles. The van der Waals surface area contributed by atoms with Crippen molar-refractivity contribution in [3.63, 3.8) is 0 Å². The van der Waals surface area contributed by atoms with Gasteiger partial charge in [-0.2, -0.15) is 48.5 Å². The molecule has 0 spiro atoms. The molecule has 4 aromatic rings. The number of carbonyl (C=O) groups is 5. The molecule has 0 unspecified atom stereocenters. The Kier molecular flexibility index (Phi) is 10.1. The summed E-state index contributed by atoms with van der Waals surface area (Å²) in [6, 6.07) is 33.3. The fraction of sp³-hybridized carbons (Fsp3) is 0. The third-order valence-corrected chi connectivity index (χ3v) is 6.05. The summed E-state index contributed by atoms with van der Waals surface area (Å²) in [5.41, 5.74) is 3.36. The van der Waals surface area contributed by atoms with Gasteiger partial charge in [0.1, 0.15) is 5.75 Å². The van der Waals surface area contributed by atoms with Gasteiger partial charge in [-0.05, 0) is 42.0 Å². The van der Waals surface area contributed by atoms with E-state index in [1.165, 1.54) is 48.6 Å². The van der Waals surface area contributed by atoms with E-state index in [1.807, 2.05) is 36.4 Å². The number of carbonyl (C=O) groups excluding carboxylic acids is 5. The Morgan fingerprint density at radius 3 is 1.40 bits per heavy atom. The van der Waals surface area contributed by atoms with Crippen LogP contribution in [-0.4, -0.2) is 29.6 Å². The Hall–Kier alpha value is -5.58. The van der Waals surface area contributed by atoms with Gasteiger partial charge >= 0.3 is 25.5 Å². The summed E-state index contributed by atoms with van der Waals surface area (Å²) < 4.78 is 13.3. The van der Waals surface area contributed by atoms with Crippen molar-refractivity contribution in [2.75, 3.05) is 9.80 Å². The maximum absolute atomic E-state index is 12.3. The summed E-state index contributed by atoms with van der Waals surface area (Å²) in [4.78, 5) is 60.3. The van der Waals surface area contributed by atoms with Crippen LogP contribution >= 0.6 is 0 Å². The topological polar surface area (TPSA) is 118 Å². The quantitative estimate of drug-likeness (QED) is 0.139. The van der Waals surface area contributed by atoms with Crippen molar-refractivity contribution in [2.24, 2.45) is 0 Å². The predicted octanol–water partition coefficient (Wildman–Crippen LogP) is 4.60. The molecule has 2 aliphatic rings.